The Labute approximate surface area is 239 Å². The molecule has 2 aromatic rings. The normalized spacial score (nSPS) is 12.7. The number of nitrogens with zero attached hydrogens (tertiary/aromatic N) is 2. The average molecular weight is 566 g/mol. The molecule has 3 atom stereocenters. The van der Waals surface area contributed by atoms with Gasteiger partial charge in [-0.2, -0.15) is 0 Å². The number of amides is 4. The van der Waals surface area contributed by atoms with Crippen molar-refractivity contribution in [2.24, 2.45) is 33.8 Å². The maximum Gasteiger partial charge on any atom is 0.243 e. The van der Waals surface area contributed by atoms with Gasteiger partial charge in [-0.15, -0.1) is 0 Å². The second-order valence-corrected chi connectivity index (χ2v) is 9.55. The zero-order chi connectivity index (χ0) is 30.5. The third kappa shape index (κ3) is 9.95. The Hall–Kier alpha value is -4.94. The fourth-order valence-electron chi connectivity index (χ4n) is 4.22. The lowest BCUT2D eigenvalue weighted by atomic mass is 9.94. The van der Waals surface area contributed by atoms with Gasteiger partial charge in [0.15, 0.2) is 5.96 Å². The standard InChI is InChI=1S/C28H39N9O4/c1-34-25(39)20(15-18-10-12-19(13-11-18)23(29)30)27(41)37(2)22(16-17-7-4-3-5-8-17)26(40)36-21(24(31)38)9-6-14-35-28(32)33/h3-5,7-8,10-13,20-22H,6,9,14-16H2,1-2H3,(H3,29,30)(H2,31,38)(H,34,39)(H,36,40)(H4,32,33,35)/t20?,21-,22?/m0/s1. The molecule has 4 amide bonds. The van der Waals surface area contributed by atoms with E-state index in [0.717, 1.165) is 5.56 Å². The van der Waals surface area contributed by atoms with Crippen LogP contribution in [0.1, 0.15) is 29.5 Å². The van der Waals surface area contributed by atoms with Crippen molar-refractivity contribution < 1.29 is 19.2 Å². The number of likely N-dealkylation sites (N-methyl/N-ethyl adjacent to an activating group) is 1. The summed E-state index contributed by atoms with van der Waals surface area (Å²) in [7, 11) is 2.87. The van der Waals surface area contributed by atoms with Gasteiger partial charge in [-0.05, 0) is 30.4 Å². The fraction of sp³-hybridized carbons (Fsp3) is 0.357. The summed E-state index contributed by atoms with van der Waals surface area (Å²) in [5.41, 5.74) is 23.7. The van der Waals surface area contributed by atoms with Crippen molar-refractivity contribution in [3.63, 3.8) is 0 Å². The molecule has 13 nitrogen and oxygen atoms in total. The second-order valence-electron chi connectivity index (χ2n) is 9.55. The van der Waals surface area contributed by atoms with Crippen molar-refractivity contribution in [2.75, 3.05) is 20.6 Å². The molecule has 11 N–H and O–H groups in total. The van der Waals surface area contributed by atoms with E-state index in [1.54, 1.807) is 36.4 Å². The van der Waals surface area contributed by atoms with Crippen LogP contribution in [0, 0.1) is 11.3 Å². The maximum atomic E-state index is 13.8. The molecule has 2 aromatic carbocycles. The quantitative estimate of drug-likeness (QED) is 0.0613. The fourth-order valence-corrected chi connectivity index (χ4v) is 4.22. The third-order valence-electron chi connectivity index (χ3n) is 6.56. The highest BCUT2D eigenvalue weighted by atomic mass is 16.2. The van der Waals surface area contributed by atoms with E-state index in [1.807, 2.05) is 18.2 Å². The molecular weight excluding hydrogens is 526 g/mol. The Balaban J connectivity index is 2.32. The van der Waals surface area contributed by atoms with E-state index in [0.29, 0.717) is 17.5 Å². The predicted octanol–water partition coefficient (Wildman–Crippen LogP) is -1.03. The van der Waals surface area contributed by atoms with Gasteiger partial charge in [0.05, 0.1) is 0 Å². The Morgan fingerprint density at radius 1 is 0.902 bits per heavy atom. The lowest BCUT2D eigenvalue weighted by Gasteiger charge is -2.31. The predicted molar refractivity (Wildman–Crippen MR) is 156 cm³/mol. The second kappa shape index (κ2) is 15.6. The summed E-state index contributed by atoms with van der Waals surface area (Å²) in [5.74, 6) is -3.79. The van der Waals surface area contributed by atoms with Crippen molar-refractivity contribution in [3.8, 4) is 0 Å². The molecule has 13 heteroatoms. The summed E-state index contributed by atoms with van der Waals surface area (Å²) in [6.45, 7) is 0.245. The molecule has 41 heavy (non-hydrogen) atoms. The smallest absolute Gasteiger partial charge is 0.243 e. The highest BCUT2D eigenvalue weighted by Gasteiger charge is 2.36. The van der Waals surface area contributed by atoms with Gasteiger partial charge < -0.3 is 38.5 Å². The molecule has 0 saturated carbocycles. The lowest BCUT2D eigenvalue weighted by molar-refractivity contribution is -0.146. The molecular formula is C28H39N9O4. The Morgan fingerprint density at radius 3 is 2.05 bits per heavy atom. The number of rotatable bonds is 15. The first-order valence-electron chi connectivity index (χ1n) is 13.0. The summed E-state index contributed by atoms with van der Waals surface area (Å²) in [6.07, 6.45) is 0.743. The molecule has 0 bridgehead atoms. The van der Waals surface area contributed by atoms with E-state index < -0.39 is 41.6 Å². The van der Waals surface area contributed by atoms with Gasteiger partial charge in [0.2, 0.25) is 23.6 Å². The maximum absolute atomic E-state index is 13.8. The van der Waals surface area contributed by atoms with E-state index in [4.69, 9.17) is 28.3 Å². The van der Waals surface area contributed by atoms with Gasteiger partial charge in [0.1, 0.15) is 23.8 Å². The van der Waals surface area contributed by atoms with Crippen molar-refractivity contribution in [3.05, 3.63) is 71.3 Å². The number of aliphatic imine (C=N–C) groups is 1. The molecule has 0 radical (unpaired) electrons. The summed E-state index contributed by atoms with van der Waals surface area (Å²) < 4.78 is 0. The molecule has 2 unspecified atom stereocenters. The number of benzene rings is 2. The van der Waals surface area contributed by atoms with Crippen molar-refractivity contribution in [1.29, 1.82) is 5.41 Å². The van der Waals surface area contributed by atoms with Crippen LogP contribution in [-0.2, 0) is 32.0 Å². The van der Waals surface area contributed by atoms with E-state index in [2.05, 4.69) is 15.6 Å². The number of carbonyl (C=O) groups is 4. The van der Waals surface area contributed by atoms with Gasteiger partial charge in [0, 0.05) is 32.6 Å². The van der Waals surface area contributed by atoms with Gasteiger partial charge in [0.25, 0.3) is 0 Å². The highest BCUT2D eigenvalue weighted by molar-refractivity contribution is 6.02. The van der Waals surface area contributed by atoms with Crippen LogP contribution < -0.4 is 33.6 Å². The topological polar surface area (TPSA) is 236 Å². The minimum Gasteiger partial charge on any atom is -0.384 e. The summed E-state index contributed by atoms with van der Waals surface area (Å²) in [4.78, 5) is 57.4. The molecule has 0 saturated heterocycles. The SMILES string of the molecule is CNC(=O)C(Cc1ccc(C(=N)N)cc1)C(=O)N(C)C(Cc1ccccc1)C(=O)N[C@@H](CCCN=C(N)N)C(N)=O. The number of guanidine groups is 1. The number of nitrogens with two attached hydrogens (primary N) is 4. The number of nitrogens with one attached hydrogen (secondary N) is 3. The molecule has 0 fully saturated rings. The summed E-state index contributed by atoms with van der Waals surface area (Å²) in [6, 6.07) is 13.6. The molecule has 0 spiro atoms. The Bertz CT molecular complexity index is 1240. The van der Waals surface area contributed by atoms with Crippen LogP contribution >= 0.6 is 0 Å². The van der Waals surface area contributed by atoms with Gasteiger partial charge in [-0.1, -0.05) is 54.6 Å². The van der Waals surface area contributed by atoms with Gasteiger partial charge >= 0.3 is 0 Å². The lowest BCUT2D eigenvalue weighted by Crippen LogP contribution is -2.56. The third-order valence-corrected chi connectivity index (χ3v) is 6.56. The molecule has 0 heterocycles. The highest BCUT2D eigenvalue weighted by Crippen LogP contribution is 2.17. The Morgan fingerprint density at radius 2 is 1.51 bits per heavy atom. The van der Waals surface area contributed by atoms with Crippen LogP contribution in [0.15, 0.2) is 59.6 Å². The van der Waals surface area contributed by atoms with Gasteiger partial charge in [-0.3, -0.25) is 29.6 Å². The number of nitrogen functional groups attached to an aromatic ring is 1. The van der Waals surface area contributed by atoms with Crippen LogP contribution in [0.25, 0.3) is 0 Å². The van der Waals surface area contributed by atoms with E-state index in [9.17, 15) is 19.2 Å². The molecule has 2 rings (SSSR count). The van der Waals surface area contributed by atoms with Crippen molar-refractivity contribution >= 4 is 35.4 Å². The van der Waals surface area contributed by atoms with Crippen LogP contribution in [0.3, 0.4) is 0 Å². The van der Waals surface area contributed by atoms with Crippen molar-refractivity contribution in [2.45, 2.75) is 37.8 Å². The minimum atomic E-state index is -1.15. The average Bonchev–Trinajstić information content (AvgIpc) is 2.95. The number of carbonyl (C=O) groups excluding carboxylic acids is 4. The first kappa shape index (κ1) is 32.3. The van der Waals surface area contributed by atoms with Crippen LogP contribution in [0.4, 0.5) is 0 Å². The van der Waals surface area contributed by atoms with E-state index in [1.165, 1.54) is 19.0 Å². The largest absolute Gasteiger partial charge is 0.384 e. The Kier molecular flexibility index (Phi) is 12.3. The van der Waals surface area contributed by atoms with Crippen LogP contribution in [0.5, 0.6) is 0 Å². The summed E-state index contributed by atoms with van der Waals surface area (Å²) >= 11 is 0. The number of hydrogen-bond donors (Lipinski definition) is 7. The zero-order valence-electron chi connectivity index (χ0n) is 23.3. The van der Waals surface area contributed by atoms with E-state index in [-0.39, 0.29) is 37.6 Å². The van der Waals surface area contributed by atoms with E-state index >= 15 is 0 Å². The van der Waals surface area contributed by atoms with Crippen LogP contribution in [-0.4, -0.2) is 73.0 Å². The zero-order valence-corrected chi connectivity index (χ0v) is 23.3. The molecule has 0 aromatic heterocycles. The minimum absolute atomic E-state index is 0.0510. The molecule has 0 aliphatic carbocycles. The monoisotopic (exact) mass is 565 g/mol. The summed E-state index contributed by atoms with van der Waals surface area (Å²) in [5, 5.41) is 12.7. The first-order chi connectivity index (χ1) is 19.4. The molecule has 0 aliphatic heterocycles. The number of amidine groups is 1. The number of primary amides is 1. The number of hydrogen-bond acceptors (Lipinski definition) is 6. The molecule has 220 valence electrons. The van der Waals surface area contributed by atoms with Gasteiger partial charge in [-0.25, -0.2) is 0 Å². The molecule has 0 aliphatic rings. The first-order valence-corrected chi connectivity index (χ1v) is 13.0. The van der Waals surface area contributed by atoms with Crippen molar-refractivity contribution in [1.82, 2.24) is 15.5 Å². The van der Waals surface area contributed by atoms with Crippen LogP contribution in [0.2, 0.25) is 0 Å².